The maximum Gasteiger partial charge on any atom is 0.322 e. The van der Waals surface area contributed by atoms with Gasteiger partial charge in [-0.15, -0.1) is 0 Å². The lowest BCUT2D eigenvalue weighted by Gasteiger charge is -2.22. The molecule has 0 unspecified atom stereocenters. The standard InChI is InChI=1S/C25H22FN3O3/c1-31-22-10-3-2-8-19(22)16-11-12-23-20(14-16)28-24(32-23)21-9-5-13-29(21)25(30)27-18-7-4-6-17(26)15-18/h2-4,6-8,10-12,14-15,21H,5,9,13H2,1H3,(H,27,30)/t21-/m0/s1. The molecule has 1 N–H and O–H groups in total. The van der Waals surface area contributed by atoms with Crippen LogP contribution in [0.5, 0.6) is 5.75 Å². The van der Waals surface area contributed by atoms with Crippen LogP contribution in [-0.4, -0.2) is 29.6 Å². The molecule has 1 aromatic heterocycles. The van der Waals surface area contributed by atoms with Crippen LogP contribution in [0.3, 0.4) is 0 Å². The smallest absolute Gasteiger partial charge is 0.322 e. The van der Waals surface area contributed by atoms with Crippen LogP contribution >= 0.6 is 0 Å². The van der Waals surface area contributed by atoms with Crippen molar-refractivity contribution in [1.82, 2.24) is 9.88 Å². The van der Waals surface area contributed by atoms with Crippen LogP contribution in [0, 0.1) is 5.82 Å². The highest BCUT2D eigenvalue weighted by atomic mass is 19.1. The number of aromatic nitrogens is 1. The van der Waals surface area contributed by atoms with Crippen molar-refractivity contribution in [3.8, 4) is 16.9 Å². The van der Waals surface area contributed by atoms with Gasteiger partial charge in [0.2, 0.25) is 5.89 Å². The monoisotopic (exact) mass is 431 g/mol. The molecule has 2 amide bonds. The van der Waals surface area contributed by atoms with Crippen molar-refractivity contribution >= 4 is 22.8 Å². The molecule has 1 fully saturated rings. The minimum atomic E-state index is -0.398. The molecule has 1 saturated heterocycles. The van der Waals surface area contributed by atoms with Gasteiger partial charge in [-0.3, -0.25) is 0 Å². The van der Waals surface area contributed by atoms with Crippen molar-refractivity contribution in [3.05, 3.63) is 78.4 Å². The number of oxazole rings is 1. The van der Waals surface area contributed by atoms with Crippen LogP contribution in [0.15, 0.2) is 71.1 Å². The second-order valence-corrected chi connectivity index (χ2v) is 7.73. The second kappa shape index (κ2) is 8.34. The van der Waals surface area contributed by atoms with Gasteiger partial charge in [0, 0.05) is 17.8 Å². The third-order valence-electron chi connectivity index (χ3n) is 5.70. The highest BCUT2D eigenvalue weighted by molar-refractivity contribution is 5.90. The van der Waals surface area contributed by atoms with Crippen LogP contribution in [0.4, 0.5) is 14.9 Å². The van der Waals surface area contributed by atoms with Gasteiger partial charge in [0.15, 0.2) is 5.58 Å². The normalized spacial score (nSPS) is 15.8. The molecule has 32 heavy (non-hydrogen) atoms. The Bertz CT molecular complexity index is 1290. The number of likely N-dealkylation sites (tertiary alicyclic amines) is 1. The average Bonchev–Trinajstić information content (AvgIpc) is 3.45. The first-order valence-electron chi connectivity index (χ1n) is 10.5. The number of carbonyl (C=O) groups excluding carboxylic acids is 1. The molecule has 1 atom stereocenters. The summed E-state index contributed by atoms with van der Waals surface area (Å²) in [5.41, 5.74) is 3.75. The van der Waals surface area contributed by atoms with Gasteiger partial charge in [-0.2, -0.15) is 0 Å². The van der Waals surface area contributed by atoms with E-state index in [9.17, 15) is 9.18 Å². The third kappa shape index (κ3) is 3.77. The lowest BCUT2D eigenvalue weighted by atomic mass is 10.0. The maximum absolute atomic E-state index is 13.5. The van der Waals surface area contributed by atoms with Gasteiger partial charge in [0.05, 0.1) is 7.11 Å². The van der Waals surface area contributed by atoms with E-state index in [4.69, 9.17) is 14.1 Å². The zero-order valence-corrected chi connectivity index (χ0v) is 17.5. The van der Waals surface area contributed by atoms with E-state index < -0.39 is 5.82 Å². The molecule has 0 spiro atoms. The number of hydrogen-bond donors (Lipinski definition) is 1. The van der Waals surface area contributed by atoms with Gasteiger partial charge < -0.3 is 19.4 Å². The Morgan fingerprint density at radius 2 is 2.03 bits per heavy atom. The topological polar surface area (TPSA) is 67.6 Å². The number of hydrogen-bond acceptors (Lipinski definition) is 4. The Balaban J connectivity index is 1.41. The molecule has 2 heterocycles. The summed E-state index contributed by atoms with van der Waals surface area (Å²) in [6.45, 7) is 0.580. The summed E-state index contributed by atoms with van der Waals surface area (Å²) in [7, 11) is 1.65. The van der Waals surface area contributed by atoms with Crippen molar-refractivity contribution < 1.29 is 18.3 Å². The number of amides is 2. The van der Waals surface area contributed by atoms with Gasteiger partial charge in [0.1, 0.15) is 23.1 Å². The predicted octanol–water partition coefficient (Wildman–Crippen LogP) is 6.01. The molecule has 3 aromatic carbocycles. The first-order chi connectivity index (χ1) is 15.6. The summed E-state index contributed by atoms with van der Waals surface area (Å²) in [6, 6.07) is 18.9. The minimum Gasteiger partial charge on any atom is -0.496 e. The molecule has 4 aromatic rings. The molecule has 0 aliphatic carbocycles. The number of ether oxygens (including phenoxy) is 1. The number of carbonyl (C=O) groups is 1. The van der Waals surface area contributed by atoms with E-state index in [1.54, 1.807) is 24.1 Å². The van der Waals surface area contributed by atoms with Crippen LogP contribution in [0.1, 0.15) is 24.8 Å². The lowest BCUT2D eigenvalue weighted by molar-refractivity contribution is 0.199. The van der Waals surface area contributed by atoms with Gasteiger partial charge >= 0.3 is 6.03 Å². The Hall–Kier alpha value is -3.87. The fourth-order valence-electron chi connectivity index (χ4n) is 4.17. The molecule has 0 bridgehead atoms. The van der Waals surface area contributed by atoms with Crippen molar-refractivity contribution in [2.75, 3.05) is 19.0 Å². The van der Waals surface area contributed by atoms with Crippen LogP contribution < -0.4 is 10.1 Å². The van der Waals surface area contributed by atoms with E-state index in [2.05, 4.69) is 5.32 Å². The largest absolute Gasteiger partial charge is 0.496 e. The zero-order chi connectivity index (χ0) is 22.1. The van der Waals surface area contributed by atoms with Crippen molar-refractivity contribution in [3.63, 3.8) is 0 Å². The summed E-state index contributed by atoms with van der Waals surface area (Å²) < 4.78 is 25.0. The van der Waals surface area contributed by atoms with Crippen LogP contribution in [-0.2, 0) is 0 Å². The summed E-state index contributed by atoms with van der Waals surface area (Å²) in [6.07, 6.45) is 1.59. The number of anilines is 1. The van der Waals surface area contributed by atoms with E-state index in [-0.39, 0.29) is 12.1 Å². The number of rotatable bonds is 4. The first kappa shape index (κ1) is 20.1. The summed E-state index contributed by atoms with van der Waals surface area (Å²) in [4.78, 5) is 19.2. The fraction of sp³-hybridized carbons (Fsp3) is 0.200. The van der Waals surface area contributed by atoms with E-state index in [1.165, 1.54) is 12.1 Å². The third-order valence-corrected chi connectivity index (χ3v) is 5.70. The Kier molecular flexibility index (Phi) is 5.23. The number of halogens is 1. The molecule has 6 nitrogen and oxygen atoms in total. The zero-order valence-electron chi connectivity index (χ0n) is 17.5. The molecular formula is C25H22FN3O3. The van der Waals surface area contributed by atoms with Crippen molar-refractivity contribution in [2.24, 2.45) is 0 Å². The molecule has 0 radical (unpaired) electrons. The van der Waals surface area contributed by atoms with E-state index >= 15 is 0 Å². The summed E-state index contributed by atoms with van der Waals surface area (Å²) >= 11 is 0. The summed E-state index contributed by atoms with van der Waals surface area (Å²) in [5.74, 6) is 0.890. The predicted molar refractivity (Wildman–Crippen MR) is 120 cm³/mol. The average molecular weight is 431 g/mol. The number of benzene rings is 3. The van der Waals surface area contributed by atoms with Crippen molar-refractivity contribution in [2.45, 2.75) is 18.9 Å². The molecular weight excluding hydrogens is 409 g/mol. The van der Waals surface area contributed by atoms with E-state index in [0.717, 1.165) is 35.2 Å². The molecule has 7 heteroatoms. The summed E-state index contributed by atoms with van der Waals surface area (Å²) in [5, 5.41) is 2.77. The van der Waals surface area contributed by atoms with Crippen LogP contribution in [0.2, 0.25) is 0 Å². The van der Waals surface area contributed by atoms with Crippen molar-refractivity contribution in [1.29, 1.82) is 0 Å². The van der Waals surface area contributed by atoms with E-state index in [1.807, 2.05) is 42.5 Å². The quantitative estimate of drug-likeness (QED) is 0.430. The maximum atomic E-state index is 13.5. The molecule has 1 aliphatic rings. The van der Waals surface area contributed by atoms with Gasteiger partial charge in [-0.25, -0.2) is 14.2 Å². The minimum absolute atomic E-state index is 0.273. The number of para-hydroxylation sites is 1. The Morgan fingerprint density at radius 1 is 1.16 bits per heavy atom. The SMILES string of the molecule is COc1ccccc1-c1ccc2oc([C@@H]3CCCN3C(=O)Nc3cccc(F)c3)nc2c1. The highest BCUT2D eigenvalue weighted by Crippen LogP contribution is 2.36. The Morgan fingerprint density at radius 3 is 2.88 bits per heavy atom. The van der Waals surface area contributed by atoms with Gasteiger partial charge in [-0.1, -0.05) is 30.3 Å². The number of fused-ring (bicyclic) bond motifs is 1. The lowest BCUT2D eigenvalue weighted by Crippen LogP contribution is -2.34. The number of urea groups is 1. The number of methoxy groups -OCH3 is 1. The molecule has 5 rings (SSSR count). The molecule has 162 valence electrons. The van der Waals surface area contributed by atoms with Crippen LogP contribution in [0.25, 0.3) is 22.2 Å². The second-order valence-electron chi connectivity index (χ2n) is 7.73. The fourth-order valence-corrected chi connectivity index (χ4v) is 4.17. The van der Waals surface area contributed by atoms with E-state index in [0.29, 0.717) is 23.7 Å². The first-order valence-corrected chi connectivity index (χ1v) is 10.5. The highest BCUT2D eigenvalue weighted by Gasteiger charge is 2.33. The number of nitrogens with zero attached hydrogens (tertiary/aromatic N) is 2. The molecule has 0 saturated carbocycles. The number of nitrogens with one attached hydrogen (secondary N) is 1. The van der Waals surface area contributed by atoms with Gasteiger partial charge in [0.25, 0.3) is 0 Å². The molecule has 1 aliphatic heterocycles. The van der Waals surface area contributed by atoms with Gasteiger partial charge in [-0.05, 0) is 54.8 Å². The Labute approximate surface area is 184 Å².